The van der Waals surface area contributed by atoms with Crippen LogP contribution in [-0.2, 0) is 12.8 Å². The average molecular weight is 355 g/mol. The summed E-state index contributed by atoms with van der Waals surface area (Å²) in [5, 5.41) is 12.6. The minimum Gasteiger partial charge on any atom is -0.392 e. The highest BCUT2D eigenvalue weighted by atomic mass is 79.9. The summed E-state index contributed by atoms with van der Waals surface area (Å²) >= 11 is 5.12. The van der Waals surface area contributed by atoms with Gasteiger partial charge in [-0.1, -0.05) is 15.9 Å². The van der Waals surface area contributed by atoms with Crippen LogP contribution in [0.2, 0.25) is 0 Å². The van der Waals surface area contributed by atoms with E-state index in [1.165, 1.54) is 16.5 Å². The largest absolute Gasteiger partial charge is 0.392 e. The van der Waals surface area contributed by atoms with Gasteiger partial charge in [-0.3, -0.25) is 0 Å². The van der Waals surface area contributed by atoms with Crippen LogP contribution in [-0.4, -0.2) is 11.2 Å². The zero-order chi connectivity index (χ0) is 14.1. The summed E-state index contributed by atoms with van der Waals surface area (Å²) in [6.07, 6.45) is 3.05. The molecule has 1 aromatic heterocycles. The topological polar surface area (TPSA) is 20.2 Å². The van der Waals surface area contributed by atoms with Gasteiger partial charge in [-0.25, -0.2) is 4.39 Å². The molecule has 0 aliphatic heterocycles. The molecule has 20 heavy (non-hydrogen) atoms. The maximum atomic E-state index is 13.8. The highest BCUT2D eigenvalue weighted by Crippen LogP contribution is 2.38. The smallest absolute Gasteiger partial charge is 0.126 e. The molecule has 0 saturated carbocycles. The predicted molar refractivity (Wildman–Crippen MR) is 83.8 cm³/mol. The first-order chi connectivity index (χ1) is 9.65. The normalized spacial score (nSPS) is 19.6. The molecule has 0 bridgehead atoms. The van der Waals surface area contributed by atoms with Gasteiger partial charge in [0.25, 0.3) is 0 Å². The lowest BCUT2D eigenvalue weighted by atomic mass is 9.82. The molecule has 2 aromatic rings. The molecule has 106 valence electrons. The van der Waals surface area contributed by atoms with E-state index in [9.17, 15) is 9.50 Å². The van der Waals surface area contributed by atoms with Crippen LogP contribution in [0.3, 0.4) is 0 Å². The van der Waals surface area contributed by atoms with E-state index in [0.29, 0.717) is 12.0 Å². The molecule has 1 aliphatic carbocycles. The van der Waals surface area contributed by atoms with Crippen molar-refractivity contribution in [1.82, 2.24) is 0 Å². The van der Waals surface area contributed by atoms with Gasteiger partial charge in [0.05, 0.1) is 6.10 Å². The van der Waals surface area contributed by atoms with Crippen LogP contribution in [0.25, 0.3) is 0 Å². The SMILES string of the molecule is OC(Cc1cc(Br)ccc1F)C1CCCc2sccc21. The number of fused-ring (bicyclic) bond motifs is 1. The highest BCUT2D eigenvalue weighted by molar-refractivity contribution is 9.10. The number of rotatable bonds is 3. The van der Waals surface area contributed by atoms with Gasteiger partial charge < -0.3 is 5.11 Å². The summed E-state index contributed by atoms with van der Waals surface area (Å²) < 4.78 is 14.7. The van der Waals surface area contributed by atoms with Gasteiger partial charge in [0, 0.05) is 21.7 Å². The predicted octanol–water partition coefficient (Wildman–Crippen LogP) is 4.67. The fourth-order valence-electron chi connectivity index (χ4n) is 2.99. The zero-order valence-corrected chi connectivity index (χ0v) is 13.4. The van der Waals surface area contributed by atoms with Crippen LogP contribution in [0.15, 0.2) is 34.1 Å². The van der Waals surface area contributed by atoms with Gasteiger partial charge >= 0.3 is 0 Å². The maximum absolute atomic E-state index is 13.8. The zero-order valence-electron chi connectivity index (χ0n) is 11.0. The molecule has 0 saturated heterocycles. The lowest BCUT2D eigenvalue weighted by Crippen LogP contribution is -2.24. The van der Waals surface area contributed by atoms with Crippen LogP contribution in [0.5, 0.6) is 0 Å². The van der Waals surface area contributed by atoms with E-state index in [2.05, 4.69) is 27.4 Å². The Balaban J connectivity index is 1.81. The molecule has 1 heterocycles. The van der Waals surface area contributed by atoms with Gasteiger partial charge in [0.1, 0.15) is 5.82 Å². The number of aliphatic hydroxyl groups excluding tert-OH is 1. The number of aryl methyl sites for hydroxylation is 1. The molecule has 4 heteroatoms. The van der Waals surface area contributed by atoms with E-state index in [-0.39, 0.29) is 11.7 Å². The molecule has 0 spiro atoms. The molecule has 1 nitrogen and oxygen atoms in total. The number of thiophene rings is 1. The highest BCUT2D eigenvalue weighted by Gasteiger charge is 2.28. The molecule has 3 rings (SSSR count). The van der Waals surface area contributed by atoms with Crippen LogP contribution in [0, 0.1) is 5.82 Å². The minimum absolute atomic E-state index is 0.142. The Hall–Kier alpha value is -0.710. The Labute approximate surface area is 130 Å². The van der Waals surface area contributed by atoms with Gasteiger partial charge in [0.2, 0.25) is 0 Å². The van der Waals surface area contributed by atoms with E-state index < -0.39 is 6.10 Å². The standard InChI is InChI=1S/C16H16BrFOS/c17-11-4-5-14(18)10(8-11)9-15(19)12-2-1-3-16-13(12)6-7-20-16/h4-8,12,15,19H,1-3,9H2. The summed E-state index contributed by atoms with van der Waals surface area (Å²) in [6, 6.07) is 7.01. The Morgan fingerprint density at radius 2 is 2.25 bits per heavy atom. The second-order valence-electron chi connectivity index (χ2n) is 5.31. The molecule has 2 atom stereocenters. The first kappa shape index (κ1) is 14.2. The summed E-state index contributed by atoms with van der Waals surface area (Å²) in [5.41, 5.74) is 1.85. The number of hydrogen-bond donors (Lipinski definition) is 1. The molecule has 1 aliphatic rings. The molecular formula is C16H16BrFOS. The molecule has 1 N–H and O–H groups in total. The van der Waals surface area contributed by atoms with Crippen molar-refractivity contribution in [2.24, 2.45) is 0 Å². The quantitative estimate of drug-likeness (QED) is 0.848. The molecule has 0 amide bonds. The summed E-state index contributed by atoms with van der Waals surface area (Å²) in [5.74, 6) is -0.100. The Morgan fingerprint density at radius 1 is 1.40 bits per heavy atom. The second kappa shape index (κ2) is 5.96. The van der Waals surface area contributed by atoms with Crippen molar-refractivity contribution < 1.29 is 9.50 Å². The van der Waals surface area contributed by atoms with Crippen LogP contribution >= 0.6 is 27.3 Å². The van der Waals surface area contributed by atoms with E-state index in [0.717, 1.165) is 23.7 Å². The van der Waals surface area contributed by atoms with Crippen LogP contribution in [0.1, 0.15) is 34.8 Å². The van der Waals surface area contributed by atoms with E-state index in [1.807, 2.05) is 0 Å². The van der Waals surface area contributed by atoms with E-state index in [1.54, 1.807) is 23.5 Å². The van der Waals surface area contributed by atoms with Gasteiger partial charge in [-0.2, -0.15) is 0 Å². The summed E-state index contributed by atoms with van der Waals surface area (Å²) in [6.45, 7) is 0. The Kier molecular flexibility index (Phi) is 4.24. The fourth-order valence-corrected chi connectivity index (χ4v) is 4.39. The van der Waals surface area contributed by atoms with Crippen molar-refractivity contribution in [3.63, 3.8) is 0 Å². The second-order valence-corrected chi connectivity index (χ2v) is 7.22. The summed E-state index contributed by atoms with van der Waals surface area (Å²) in [7, 11) is 0. The maximum Gasteiger partial charge on any atom is 0.126 e. The average Bonchev–Trinajstić information content (AvgIpc) is 2.91. The van der Waals surface area contributed by atoms with Crippen LogP contribution in [0.4, 0.5) is 4.39 Å². The van der Waals surface area contributed by atoms with E-state index in [4.69, 9.17) is 0 Å². The first-order valence-electron chi connectivity index (χ1n) is 6.83. The Morgan fingerprint density at radius 3 is 3.10 bits per heavy atom. The summed E-state index contributed by atoms with van der Waals surface area (Å²) in [4.78, 5) is 1.38. The van der Waals surface area contributed by atoms with Crippen molar-refractivity contribution in [2.75, 3.05) is 0 Å². The van der Waals surface area contributed by atoms with Crippen LogP contribution < -0.4 is 0 Å². The third-order valence-corrected chi connectivity index (χ3v) is 5.49. The molecule has 0 fully saturated rings. The van der Waals surface area contributed by atoms with Crippen molar-refractivity contribution in [1.29, 1.82) is 0 Å². The van der Waals surface area contributed by atoms with Crippen molar-refractivity contribution >= 4 is 27.3 Å². The minimum atomic E-state index is -0.521. The van der Waals surface area contributed by atoms with Gasteiger partial charge in [-0.15, -0.1) is 11.3 Å². The lowest BCUT2D eigenvalue weighted by Gasteiger charge is -2.27. The molecule has 0 radical (unpaired) electrons. The third-order valence-electron chi connectivity index (χ3n) is 4.00. The third kappa shape index (κ3) is 2.83. The van der Waals surface area contributed by atoms with E-state index >= 15 is 0 Å². The fraction of sp³-hybridized carbons (Fsp3) is 0.375. The van der Waals surface area contributed by atoms with Gasteiger partial charge in [-0.05, 0) is 60.0 Å². The van der Waals surface area contributed by atoms with Crippen molar-refractivity contribution in [2.45, 2.75) is 37.7 Å². The van der Waals surface area contributed by atoms with Crippen molar-refractivity contribution in [3.05, 3.63) is 55.9 Å². The monoisotopic (exact) mass is 354 g/mol. The number of aliphatic hydroxyl groups is 1. The van der Waals surface area contributed by atoms with Gasteiger partial charge in [0.15, 0.2) is 0 Å². The molecule has 2 unspecified atom stereocenters. The number of hydrogen-bond acceptors (Lipinski definition) is 2. The number of halogens is 2. The lowest BCUT2D eigenvalue weighted by molar-refractivity contribution is 0.134. The number of benzene rings is 1. The first-order valence-corrected chi connectivity index (χ1v) is 8.50. The Bertz CT molecular complexity index is 610. The molecular weight excluding hydrogens is 339 g/mol. The molecule has 1 aromatic carbocycles. The van der Waals surface area contributed by atoms with Crippen molar-refractivity contribution in [3.8, 4) is 0 Å².